The van der Waals surface area contributed by atoms with Gasteiger partial charge in [0.25, 0.3) is 0 Å². The summed E-state index contributed by atoms with van der Waals surface area (Å²) in [5.41, 5.74) is 2.10. The molecule has 0 bridgehead atoms. The van der Waals surface area contributed by atoms with Crippen molar-refractivity contribution < 1.29 is 33.3 Å². The molecule has 1 aliphatic rings. The highest BCUT2D eigenvalue weighted by atomic mass is 16.6. The predicted octanol–water partition coefficient (Wildman–Crippen LogP) is 2.64. The van der Waals surface area contributed by atoms with Crippen LogP contribution in [-0.2, 0) is 33.3 Å². The van der Waals surface area contributed by atoms with Gasteiger partial charge in [-0.3, -0.25) is 15.3 Å². The Kier molecular flexibility index (Phi) is 10.8. The fourth-order valence-corrected chi connectivity index (χ4v) is 4.29. The Morgan fingerprint density at radius 3 is 1.79 bits per heavy atom. The number of nitrogens with zero attached hydrogens (tertiary/aromatic N) is 1. The molecule has 1 rings (SSSR count). The number of nitrogens with two attached hydrogens (primary N) is 1. The second kappa shape index (κ2) is 12.1. The molecule has 1 aliphatic heterocycles. The van der Waals surface area contributed by atoms with Gasteiger partial charge in [-0.1, -0.05) is 0 Å². The predicted molar refractivity (Wildman–Crippen MR) is 124 cm³/mol. The summed E-state index contributed by atoms with van der Waals surface area (Å²) in [6, 6.07) is 0.364. The number of carbonyl (C=O) groups excluding carboxylic acids is 3. The molecule has 1 saturated heterocycles. The molecule has 0 saturated carbocycles. The van der Waals surface area contributed by atoms with Crippen LogP contribution in [0.4, 0.5) is 0 Å². The van der Waals surface area contributed by atoms with E-state index in [9.17, 15) is 14.4 Å². The van der Waals surface area contributed by atoms with Gasteiger partial charge < -0.3 is 23.8 Å². The van der Waals surface area contributed by atoms with Crippen LogP contribution in [0.2, 0.25) is 0 Å². The fraction of sp³-hybridized carbons (Fsp3) is 0.875. The zero-order chi connectivity index (χ0) is 25.4. The molecule has 0 aromatic carbocycles. The minimum absolute atomic E-state index is 0.0550. The lowest BCUT2D eigenvalue weighted by Crippen LogP contribution is -2.56. The van der Waals surface area contributed by atoms with Crippen molar-refractivity contribution in [3.8, 4) is 0 Å². The van der Waals surface area contributed by atoms with Crippen molar-refractivity contribution in [2.75, 3.05) is 33.4 Å². The fourth-order valence-electron chi connectivity index (χ4n) is 4.29. The normalized spacial score (nSPS) is 18.0. The number of rotatable bonds is 11. The zero-order valence-electron chi connectivity index (χ0n) is 21.7. The SMILES string of the molecule is CCOC(=O)C(CCC(N)(OC)C(=O)OC(C)(C)C)(C(=O)OCC)C1CCN(C(C)C)CC1. The first kappa shape index (κ1) is 29.3. The van der Waals surface area contributed by atoms with E-state index in [0.717, 1.165) is 13.1 Å². The van der Waals surface area contributed by atoms with E-state index in [1.807, 2.05) is 0 Å². The molecule has 1 heterocycles. The van der Waals surface area contributed by atoms with Crippen molar-refractivity contribution in [3.05, 3.63) is 0 Å². The van der Waals surface area contributed by atoms with Gasteiger partial charge in [0.05, 0.1) is 13.2 Å². The Labute approximate surface area is 198 Å². The first-order chi connectivity index (χ1) is 15.3. The second-order valence-corrected chi connectivity index (χ2v) is 9.91. The first-order valence-electron chi connectivity index (χ1n) is 11.9. The summed E-state index contributed by atoms with van der Waals surface area (Å²) in [4.78, 5) is 41.8. The molecule has 0 aliphatic carbocycles. The molecule has 1 atom stereocenters. The van der Waals surface area contributed by atoms with E-state index in [1.54, 1.807) is 34.6 Å². The van der Waals surface area contributed by atoms with Gasteiger partial charge in [-0.25, -0.2) is 4.79 Å². The van der Waals surface area contributed by atoms with E-state index in [0.29, 0.717) is 18.9 Å². The van der Waals surface area contributed by atoms with Gasteiger partial charge >= 0.3 is 17.9 Å². The van der Waals surface area contributed by atoms with Crippen molar-refractivity contribution in [3.63, 3.8) is 0 Å². The van der Waals surface area contributed by atoms with Crippen LogP contribution in [0.25, 0.3) is 0 Å². The highest BCUT2D eigenvalue weighted by Crippen LogP contribution is 2.43. The van der Waals surface area contributed by atoms with Gasteiger partial charge in [0, 0.05) is 19.6 Å². The average molecular weight is 473 g/mol. The Bertz CT molecular complexity index is 648. The smallest absolute Gasteiger partial charge is 0.354 e. The largest absolute Gasteiger partial charge is 0.465 e. The third kappa shape index (κ3) is 7.39. The maximum Gasteiger partial charge on any atom is 0.354 e. The molecular weight excluding hydrogens is 428 g/mol. The average Bonchev–Trinajstić information content (AvgIpc) is 2.73. The topological polar surface area (TPSA) is 117 Å². The maximum absolute atomic E-state index is 13.4. The molecule has 33 heavy (non-hydrogen) atoms. The number of piperidine rings is 1. The number of esters is 3. The second-order valence-electron chi connectivity index (χ2n) is 9.91. The summed E-state index contributed by atoms with van der Waals surface area (Å²) in [5.74, 6) is -2.36. The number of likely N-dealkylation sites (tertiary alicyclic amines) is 1. The van der Waals surface area contributed by atoms with Gasteiger partial charge in [0.1, 0.15) is 5.60 Å². The minimum Gasteiger partial charge on any atom is -0.465 e. The Morgan fingerprint density at radius 1 is 0.939 bits per heavy atom. The lowest BCUT2D eigenvalue weighted by Gasteiger charge is -2.43. The zero-order valence-corrected chi connectivity index (χ0v) is 21.7. The molecular formula is C24H44N2O7. The number of hydrogen-bond acceptors (Lipinski definition) is 9. The monoisotopic (exact) mass is 472 g/mol. The molecule has 0 aromatic rings. The Hall–Kier alpha value is -1.71. The standard InChI is InChI=1S/C24H44N2O7/c1-9-31-19(27)23(20(28)32-10-2,18-11-15-26(16-12-18)17(3)4)13-14-24(25,30-8)21(29)33-22(5,6)7/h17-18H,9-16,25H2,1-8H3. The van der Waals surface area contributed by atoms with Crippen LogP contribution in [-0.4, -0.2) is 73.6 Å². The van der Waals surface area contributed by atoms with Crippen LogP contribution in [0.5, 0.6) is 0 Å². The van der Waals surface area contributed by atoms with Crippen LogP contribution in [0.15, 0.2) is 0 Å². The highest BCUT2D eigenvalue weighted by molar-refractivity contribution is 6.00. The van der Waals surface area contributed by atoms with Crippen LogP contribution < -0.4 is 5.73 Å². The van der Waals surface area contributed by atoms with Crippen molar-refractivity contribution >= 4 is 17.9 Å². The van der Waals surface area contributed by atoms with E-state index in [4.69, 9.17) is 24.7 Å². The molecule has 0 spiro atoms. The number of hydrogen-bond donors (Lipinski definition) is 1. The van der Waals surface area contributed by atoms with E-state index < -0.39 is 34.6 Å². The summed E-state index contributed by atoms with van der Waals surface area (Å²) in [6.07, 6.45) is 1.07. The molecule has 1 fully saturated rings. The van der Waals surface area contributed by atoms with Crippen molar-refractivity contribution in [1.82, 2.24) is 4.90 Å². The van der Waals surface area contributed by atoms with Crippen LogP contribution in [0.3, 0.4) is 0 Å². The molecule has 1 unspecified atom stereocenters. The van der Waals surface area contributed by atoms with E-state index in [1.165, 1.54) is 7.11 Å². The third-order valence-electron chi connectivity index (χ3n) is 6.24. The lowest BCUT2D eigenvalue weighted by atomic mass is 9.67. The maximum atomic E-state index is 13.4. The number of carbonyl (C=O) groups is 3. The van der Waals surface area contributed by atoms with Crippen LogP contribution >= 0.6 is 0 Å². The van der Waals surface area contributed by atoms with Gasteiger partial charge in [-0.2, -0.15) is 0 Å². The molecule has 9 nitrogen and oxygen atoms in total. The van der Waals surface area contributed by atoms with E-state index in [-0.39, 0.29) is 32.0 Å². The van der Waals surface area contributed by atoms with Crippen molar-refractivity contribution in [2.24, 2.45) is 17.1 Å². The third-order valence-corrected chi connectivity index (χ3v) is 6.24. The first-order valence-corrected chi connectivity index (χ1v) is 11.9. The quantitative estimate of drug-likeness (QED) is 0.209. The molecule has 2 N–H and O–H groups in total. The highest BCUT2D eigenvalue weighted by Gasteiger charge is 2.56. The molecule has 192 valence electrons. The molecule has 0 radical (unpaired) electrons. The summed E-state index contributed by atoms with van der Waals surface area (Å²) in [6.45, 7) is 14.5. The summed E-state index contributed by atoms with van der Waals surface area (Å²) in [5, 5.41) is 0. The van der Waals surface area contributed by atoms with Crippen LogP contribution in [0.1, 0.15) is 74.1 Å². The molecule has 9 heteroatoms. The summed E-state index contributed by atoms with van der Waals surface area (Å²) in [7, 11) is 1.31. The van der Waals surface area contributed by atoms with Crippen molar-refractivity contribution in [2.45, 2.75) is 91.5 Å². The number of ether oxygens (including phenoxy) is 4. The van der Waals surface area contributed by atoms with E-state index in [2.05, 4.69) is 18.7 Å². The minimum atomic E-state index is -1.82. The summed E-state index contributed by atoms with van der Waals surface area (Å²) >= 11 is 0. The van der Waals surface area contributed by atoms with Gasteiger partial charge in [-0.05, 0) is 86.7 Å². The Morgan fingerprint density at radius 2 is 1.42 bits per heavy atom. The summed E-state index contributed by atoms with van der Waals surface area (Å²) < 4.78 is 21.6. The number of methoxy groups -OCH3 is 1. The molecule has 0 aromatic heterocycles. The Balaban J connectivity index is 3.34. The molecule has 0 amide bonds. The lowest BCUT2D eigenvalue weighted by molar-refractivity contribution is -0.189. The van der Waals surface area contributed by atoms with Gasteiger partial charge in [0.2, 0.25) is 5.72 Å². The van der Waals surface area contributed by atoms with Crippen molar-refractivity contribution in [1.29, 1.82) is 0 Å². The van der Waals surface area contributed by atoms with Crippen LogP contribution in [0, 0.1) is 11.3 Å². The van der Waals surface area contributed by atoms with Gasteiger partial charge in [-0.15, -0.1) is 0 Å². The van der Waals surface area contributed by atoms with E-state index >= 15 is 0 Å². The van der Waals surface area contributed by atoms with Gasteiger partial charge in [0.15, 0.2) is 5.41 Å².